The number of hydrogen-bond donors (Lipinski definition) is 1. The van der Waals surface area contributed by atoms with Crippen molar-refractivity contribution in [2.75, 3.05) is 0 Å². The van der Waals surface area contributed by atoms with Crippen LogP contribution in [-0.2, 0) is 0 Å². The number of pyridine rings is 1. The van der Waals surface area contributed by atoms with Gasteiger partial charge in [-0.3, -0.25) is 9.78 Å². The molecular weight excluding hydrogens is 240 g/mol. The molecule has 0 unspecified atom stereocenters. The molecule has 19 heavy (non-hydrogen) atoms. The first-order valence-electron chi connectivity index (χ1n) is 5.98. The molecule has 0 saturated carbocycles. The number of nitrogens with zero attached hydrogens (tertiary/aromatic N) is 1. The van der Waals surface area contributed by atoms with Crippen LogP contribution in [0.25, 0.3) is 0 Å². The Balaban J connectivity index is 2.45. The number of carbonyl (C=O) groups excluding carboxylic acids is 1. The van der Waals surface area contributed by atoms with E-state index in [2.05, 4.69) is 4.98 Å². The Morgan fingerprint density at radius 2 is 1.84 bits per heavy atom. The summed E-state index contributed by atoms with van der Waals surface area (Å²) in [7, 11) is 0. The third kappa shape index (κ3) is 2.73. The Morgan fingerprint density at radius 1 is 1.21 bits per heavy atom. The fraction of sp³-hybridized carbons (Fsp3) is 0.200. The lowest BCUT2D eigenvalue weighted by molar-refractivity contribution is 0.0997. The van der Waals surface area contributed by atoms with Crippen LogP contribution in [0.1, 0.15) is 27.0 Å². The molecule has 1 heterocycles. The second kappa shape index (κ2) is 5.10. The zero-order valence-corrected chi connectivity index (χ0v) is 11.2. The van der Waals surface area contributed by atoms with Gasteiger partial charge in [0.05, 0.1) is 0 Å². The number of hydrogen-bond acceptors (Lipinski definition) is 3. The van der Waals surface area contributed by atoms with Gasteiger partial charge >= 0.3 is 0 Å². The molecule has 2 rings (SSSR count). The van der Waals surface area contributed by atoms with E-state index in [0.29, 0.717) is 5.75 Å². The Kier molecular flexibility index (Phi) is 3.51. The molecule has 2 N–H and O–H groups in total. The van der Waals surface area contributed by atoms with Crippen LogP contribution >= 0.6 is 0 Å². The van der Waals surface area contributed by atoms with Crippen LogP contribution in [-0.4, -0.2) is 10.9 Å². The van der Waals surface area contributed by atoms with Crippen LogP contribution in [0.15, 0.2) is 30.6 Å². The topological polar surface area (TPSA) is 65.2 Å². The van der Waals surface area contributed by atoms with Gasteiger partial charge in [0.2, 0.25) is 0 Å². The molecule has 0 atom stereocenters. The van der Waals surface area contributed by atoms with Crippen LogP contribution < -0.4 is 10.5 Å². The van der Waals surface area contributed by atoms with Crippen molar-refractivity contribution in [2.45, 2.75) is 20.8 Å². The van der Waals surface area contributed by atoms with Gasteiger partial charge in [0.25, 0.3) is 5.91 Å². The largest absolute Gasteiger partial charge is 0.456 e. The standard InChI is InChI=1S/C15H16N2O2/c1-9-6-10(2)14(11(3)7-9)19-13-4-5-17-8-12(13)15(16)18/h4-8H,1-3H3,(H2,16,18). The molecule has 4 heteroatoms. The molecule has 0 radical (unpaired) electrons. The highest BCUT2D eigenvalue weighted by atomic mass is 16.5. The molecule has 1 aromatic carbocycles. The quantitative estimate of drug-likeness (QED) is 0.918. The van der Waals surface area contributed by atoms with Gasteiger partial charge in [-0.25, -0.2) is 0 Å². The number of carbonyl (C=O) groups is 1. The molecular formula is C15H16N2O2. The number of nitrogens with two attached hydrogens (primary N) is 1. The first-order chi connectivity index (χ1) is 8.99. The maximum absolute atomic E-state index is 11.3. The normalized spacial score (nSPS) is 10.3. The summed E-state index contributed by atoms with van der Waals surface area (Å²) in [4.78, 5) is 15.2. The summed E-state index contributed by atoms with van der Waals surface area (Å²) >= 11 is 0. The van der Waals surface area contributed by atoms with Gasteiger partial charge in [0.1, 0.15) is 17.1 Å². The van der Waals surface area contributed by atoms with Crippen LogP contribution in [0.4, 0.5) is 0 Å². The van der Waals surface area contributed by atoms with Crippen molar-refractivity contribution < 1.29 is 9.53 Å². The molecule has 2 aromatic rings. The van der Waals surface area contributed by atoms with E-state index >= 15 is 0 Å². The first kappa shape index (κ1) is 13.1. The lowest BCUT2D eigenvalue weighted by Gasteiger charge is -2.14. The Labute approximate surface area is 112 Å². The van der Waals surface area contributed by atoms with E-state index < -0.39 is 5.91 Å². The number of amides is 1. The lowest BCUT2D eigenvalue weighted by Crippen LogP contribution is -2.12. The number of primary amides is 1. The molecule has 1 aromatic heterocycles. The Bertz CT molecular complexity index is 613. The highest BCUT2D eigenvalue weighted by molar-refractivity contribution is 5.95. The SMILES string of the molecule is Cc1cc(C)c(Oc2ccncc2C(N)=O)c(C)c1. The van der Waals surface area contributed by atoms with Gasteiger partial charge < -0.3 is 10.5 Å². The summed E-state index contributed by atoms with van der Waals surface area (Å²) in [5.74, 6) is 0.627. The summed E-state index contributed by atoms with van der Waals surface area (Å²) in [6.45, 7) is 5.98. The van der Waals surface area contributed by atoms with E-state index in [9.17, 15) is 4.79 Å². The predicted octanol–water partition coefficient (Wildman–Crippen LogP) is 2.90. The van der Waals surface area contributed by atoms with E-state index in [4.69, 9.17) is 10.5 Å². The molecule has 0 spiro atoms. The minimum atomic E-state index is -0.550. The van der Waals surface area contributed by atoms with Crippen molar-refractivity contribution in [3.8, 4) is 11.5 Å². The van der Waals surface area contributed by atoms with Gasteiger partial charge in [-0.05, 0) is 38.0 Å². The summed E-state index contributed by atoms with van der Waals surface area (Å²) in [5, 5.41) is 0. The zero-order valence-electron chi connectivity index (χ0n) is 11.2. The van der Waals surface area contributed by atoms with Gasteiger partial charge in [-0.15, -0.1) is 0 Å². The molecule has 0 aliphatic carbocycles. The monoisotopic (exact) mass is 256 g/mol. The zero-order chi connectivity index (χ0) is 14.0. The summed E-state index contributed by atoms with van der Waals surface area (Å²) in [5.41, 5.74) is 8.80. The van der Waals surface area contributed by atoms with Gasteiger partial charge in [-0.1, -0.05) is 17.7 Å². The van der Waals surface area contributed by atoms with E-state index in [-0.39, 0.29) is 5.56 Å². The van der Waals surface area contributed by atoms with Crippen LogP contribution in [0.3, 0.4) is 0 Å². The Morgan fingerprint density at radius 3 is 2.42 bits per heavy atom. The number of rotatable bonds is 3. The predicted molar refractivity (Wildman–Crippen MR) is 73.5 cm³/mol. The van der Waals surface area contributed by atoms with Crippen LogP contribution in [0, 0.1) is 20.8 Å². The Hall–Kier alpha value is -2.36. The minimum absolute atomic E-state index is 0.280. The highest BCUT2D eigenvalue weighted by Crippen LogP contribution is 2.31. The van der Waals surface area contributed by atoms with Crippen LogP contribution in [0.2, 0.25) is 0 Å². The van der Waals surface area contributed by atoms with Crippen molar-refractivity contribution in [1.29, 1.82) is 0 Å². The second-order valence-corrected chi connectivity index (χ2v) is 4.57. The molecule has 0 aliphatic heterocycles. The highest BCUT2D eigenvalue weighted by Gasteiger charge is 2.12. The van der Waals surface area contributed by atoms with Crippen molar-refractivity contribution in [3.63, 3.8) is 0 Å². The molecule has 98 valence electrons. The first-order valence-corrected chi connectivity index (χ1v) is 5.98. The maximum Gasteiger partial charge on any atom is 0.254 e. The summed E-state index contributed by atoms with van der Waals surface area (Å²) < 4.78 is 5.85. The smallest absolute Gasteiger partial charge is 0.254 e. The molecule has 0 fully saturated rings. The molecule has 0 saturated heterocycles. The second-order valence-electron chi connectivity index (χ2n) is 4.57. The molecule has 4 nitrogen and oxygen atoms in total. The molecule has 1 amide bonds. The average Bonchev–Trinajstić information content (AvgIpc) is 2.34. The minimum Gasteiger partial charge on any atom is -0.456 e. The molecule has 0 aliphatic rings. The van der Waals surface area contributed by atoms with Crippen molar-refractivity contribution in [2.24, 2.45) is 5.73 Å². The maximum atomic E-state index is 11.3. The van der Waals surface area contributed by atoms with E-state index in [1.165, 1.54) is 11.8 Å². The van der Waals surface area contributed by atoms with Crippen LogP contribution in [0.5, 0.6) is 11.5 Å². The van der Waals surface area contributed by atoms with Crippen molar-refractivity contribution >= 4 is 5.91 Å². The fourth-order valence-corrected chi connectivity index (χ4v) is 2.09. The summed E-state index contributed by atoms with van der Waals surface area (Å²) in [6, 6.07) is 5.71. The van der Waals surface area contributed by atoms with Gasteiger partial charge in [0.15, 0.2) is 0 Å². The van der Waals surface area contributed by atoms with Crippen molar-refractivity contribution in [1.82, 2.24) is 4.98 Å². The lowest BCUT2D eigenvalue weighted by atomic mass is 10.1. The molecule has 0 bridgehead atoms. The fourth-order valence-electron chi connectivity index (χ4n) is 2.09. The third-order valence-electron chi connectivity index (χ3n) is 2.86. The van der Waals surface area contributed by atoms with E-state index in [1.54, 1.807) is 12.3 Å². The summed E-state index contributed by atoms with van der Waals surface area (Å²) in [6.07, 6.45) is 2.98. The number of aryl methyl sites for hydroxylation is 3. The van der Waals surface area contributed by atoms with Gasteiger partial charge in [-0.2, -0.15) is 0 Å². The van der Waals surface area contributed by atoms with Crippen molar-refractivity contribution in [3.05, 3.63) is 52.8 Å². The number of aromatic nitrogens is 1. The van der Waals surface area contributed by atoms with E-state index in [1.807, 2.05) is 32.9 Å². The van der Waals surface area contributed by atoms with Gasteiger partial charge in [0, 0.05) is 12.4 Å². The number of benzene rings is 1. The average molecular weight is 256 g/mol. The third-order valence-corrected chi connectivity index (χ3v) is 2.86. The number of ether oxygens (including phenoxy) is 1. The van der Waals surface area contributed by atoms with E-state index in [0.717, 1.165) is 16.9 Å².